The van der Waals surface area contributed by atoms with Crippen molar-refractivity contribution in [3.8, 4) is 0 Å². The Balaban J connectivity index is 1.68. The standard InChI is InChI=1S/C15H21ClF3NO/c16-11-7-12-4-5-13(8-11)20(12)14(21)9-2-1-3-10(6-9)15(17,18)19/h9-13H,1-8H2. The third kappa shape index (κ3) is 3.03. The molecule has 2 heterocycles. The number of nitrogens with zero attached hydrogens (tertiary/aromatic N) is 1. The van der Waals surface area contributed by atoms with Crippen LogP contribution in [0, 0.1) is 11.8 Å². The molecule has 3 rings (SSSR count). The Kier molecular flexibility index (Phi) is 4.15. The average Bonchev–Trinajstić information content (AvgIpc) is 2.69. The summed E-state index contributed by atoms with van der Waals surface area (Å²) in [6.45, 7) is 0. The molecule has 1 amide bonds. The summed E-state index contributed by atoms with van der Waals surface area (Å²) >= 11 is 6.20. The molecule has 3 aliphatic rings. The molecule has 3 fully saturated rings. The van der Waals surface area contributed by atoms with E-state index in [4.69, 9.17) is 11.6 Å². The molecule has 0 N–H and O–H groups in total. The van der Waals surface area contributed by atoms with Crippen LogP contribution in [0.3, 0.4) is 0 Å². The van der Waals surface area contributed by atoms with Crippen molar-refractivity contribution < 1.29 is 18.0 Å². The van der Waals surface area contributed by atoms with Crippen molar-refractivity contribution in [2.75, 3.05) is 0 Å². The van der Waals surface area contributed by atoms with Crippen molar-refractivity contribution in [2.45, 2.75) is 75.0 Å². The first-order valence-corrected chi connectivity index (χ1v) is 8.33. The predicted octanol–water partition coefficient (Wildman–Crippen LogP) is 4.12. The number of hydrogen-bond acceptors (Lipinski definition) is 1. The molecule has 1 saturated carbocycles. The quantitative estimate of drug-likeness (QED) is 0.665. The summed E-state index contributed by atoms with van der Waals surface area (Å²) in [6, 6.07) is 0.315. The Morgan fingerprint density at radius 1 is 1.00 bits per heavy atom. The lowest BCUT2D eigenvalue weighted by molar-refractivity contribution is -0.187. The van der Waals surface area contributed by atoms with E-state index in [1.807, 2.05) is 4.90 Å². The van der Waals surface area contributed by atoms with Crippen LogP contribution in [0.25, 0.3) is 0 Å². The summed E-state index contributed by atoms with van der Waals surface area (Å²) in [4.78, 5) is 14.6. The maximum absolute atomic E-state index is 12.9. The molecule has 6 heteroatoms. The molecule has 0 aromatic carbocycles. The zero-order valence-electron chi connectivity index (χ0n) is 11.9. The van der Waals surface area contributed by atoms with Gasteiger partial charge in [0.25, 0.3) is 0 Å². The summed E-state index contributed by atoms with van der Waals surface area (Å²) in [7, 11) is 0. The SMILES string of the molecule is O=C(C1CCCC(C(F)(F)F)C1)N1C2CCC1CC(Cl)C2. The third-order valence-corrected chi connectivity index (χ3v) is 5.77. The molecule has 120 valence electrons. The van der Waals surface area contributed by atoms with Crippen LogP contribution in [0.5, 0.6) is 0 Å². The molecule has 2 nitrogen and oxygen atoms in total. The highest BCUT2D eigenvalue weighted by Gasteiger charge is 2.48. The Bertz CT molecular complexity index is 400. The van der Waals surface area contributed by atoms with E-state index in [1.165, 1.54) is 0 Å². The van der Waals surface area contributed by atoms with E-state index in [0.29, 0.717) is 12.8 Å². The largest absolute Gasteiger partial charge is 0.391 e. The van der Waals surface area contributed by atoms with Crippen molar-refractivity contribution >= 4 is 17.5 Å². The fourth-order valence-electron chi connectivity index (χ4n) is 4.39. The number of rotatable bonds is 1. The molecule has 21 heavy (non-hydrogen) atoms. The number of carbonyl (C=O) groups is 1. The fourth-order valence-corrected chi connectivity index (χ4v) is 4.80. The molecule has 2 bridgehead atoms. The highest BCUT2D eigenvalue weighted by Crippen LogP contribution is 2.43. The second-order valence-electron chi connectivity index (χ2n) is 6.80. The summed E-state index contributed by atoms with van der Waals surface area (Å²) in [5.41, 5.74) is 0. The Morgan fingerprint density at radius 2 is 1.62 bits per heavy atom. The van der Waals surface area contributed by atoms with Crippen LogP contribution < -0.4 is 0 Å². The number of piperidine rings is 1. The highest BCUT2D eigenvalue weighted by atomic mass is 35.5. The number of fused-ring (bicyclic) bond motifs is 2. The summed E-state index contributed by atoms with van der Waals surface area (Å²) in [6.07, 6.45) is 0.573. The van der Waals surface area contributed by atoms with E-state index < -0.39 is 18.0 Å². The van der Waals surface area contributed by atoms with Crippen molar-refractivity contribution in [2.24, 2.45) is 11.8 Å². The normalized spacial score (nSPS) is 40.4. The van der Waals surface area contributed by atoms with E-state index in [-0.39, 0.29) is 36.2 Å². The maximum Gasteiger partial charge on any atom is 0.391 e. The number of halogens is 4. The number of alkyl halides is 4. The minimum atomic E-state index is -4.17. The van der Waals surface area contributed by atoms with Crippen LogP contribution in [0.4, 0.5) is 13.2 Å². The van der Waals surface area contributed by atoms with Gasteiger partial charge in [0.1, 0.15) is 0 Å². The second kappa shape index (κ2) is 5.64. The lowest BCUT2D eigenvalue weighted by atomic mass is 9.80. The molecule has 0 aromatic rings. The van der Waals surface area contributed by atoms with Gasteiger partial charge in [0.2, 0.25) is 5.91 Å². The van der Waals surface area contributed by atoms with E-state index in [0.717, 1.165) is 25.7 Å². The first kappa shape index (κ1) is 15.4. The van der Waals surface area contributed by atoms with E-state index in [2.05, 4.69) is 0 Å². The maximum atomic E-state index is 12.9. The zero-order chi connectivity index (χ0) is 15.2. The molecule has 4 unspecified atom stereocenters. The van der Waals surface area contributed by atoms with Gasteiger partial charge in [0, 0.05) is 23.4 Å². The van der Waals surface area contributed by atoms with Crippen LogP contribution in [-0.4, -0.2) is 34.4 Å². The molecule has 2 aliphatic heterocycles. The minimum Gasteiger partial charge on any atom is -0.336 e. The number of hydrogen-bond donors (Lipinski definition) is 0. The van der Waals surface area contributed by atoms with Crippen LogP contribution >= 0.6 is 11.6 Å². The van der Waals surface area contributed by atoms with Crippen molar-refractivity contribution in [1.82, 2.24) is 4.90 Å². The van der Waals surface area contributed by atoms with Gasteiger partial charge in [0.15, 0.2) is 0 Å². The summed E-state index contributed by atoms with van der Waals surface area (Å²) in [5, 5.41) is 0.112. The number of amides is 1. The van der Waals surface area contributed by atoms with Gasteiger partial charge < -0.3 is 4.90 Å². The van der Waals surface area contributed by atoms with Crippen LogP contribution in [0.2, 0.25) is 0 Å². The van der Waals surface area contributed by atoms with E-state index >= 15 is 0 Å². The van der Waals surface area contributed by atoms with E-state index in [1.54, 1.807) is 0 Å². The molecule has 0 radical (unpaired) electrons. The first-order chi connectivity index (χ1) is 9.86. The smallest absolute Gasteiger partial charge is 0.336 e. The van der Waals surface area contributed by atoms with E-state index in [9.17, 15) is 18.0 Å². The molecular weight excluding hydrogens is 303 g/mol. The molecule has 2 saturated heterocycles. The Hall–Kier alpha value is -0.450. The van der Waals surface area contributed by atoms with Crippen LogP contribution in [-0.2, 0) is 4.79 Å². The van der Waals surface area contributed by atoms with Gasteiger partial charge in [0.05, 0.1) is 5.92 Å². The predicted molar refractivity (Wildman–Crippen MR) is 74.0 cm³/mol. The molecular formula is C15H21ClF3NO. The minimum absolute atomic E-state index is 0.0252. The topological polar surface area (TPSA) is 20.3 Å². The number of carbonyl (C=O) groups excluding carboxylic acids is 1. The lowest BCUT2D eigenvalue weighted by Gasteiger charge is -2.40. The van der Waals surface area contributed by atoms with Gasteiger partial charge in [-0.2, -0.15) is 13.2 Å². The Morgan fingerprint density at radius 3 is 2.19 bits per heavy atom. The second-order valence-corrected chi connectivity index (χ2v) is 7.42. The van der Waals surface area contributed by atoms with Crippen molar-refractivity contribution in [3.05, 3.63) is 0 Å². The molecule has 0 aromatic heterocycles. The van der Waals surface area contributed by atoms with Gasteiger partial charge >= 0.3 is 6.18 Å². The zero-order valence-corrected chi connectivity index (χ0v) is 12.7. The van der Waals surface area contributed by atoms with Gasteiger partial charge in [-0.25, -0.2) is 0 Å². The first-order valence-electron chi connectivity index (χ1n) is 7.89. The Labute approximate surface area is 128 Å². The van der Waals surface area contributed by atoms with Gasteiger partial charge in [-0.3, -0.25) is 4.79 Å². The van der Waals surface area contributed by atoms with Gasteiger partial charge in [-0.1, -0.05) is 6.42 Å². The summed E-state index contributed by atoms with van der Waals surface area (Å²) in [5.74, 6) is -1.79. The van der Waals surface area contributed by atoms with Crippen molar-refractivity contribution in [1.29, 1.82) is 0 Å². The molecule has 1 aliphatic carbocycles. The molecule has 0 spiro atoms. The van der Waals surface area contributed by atoms with Crippen LogP contribution in [0.1, 0.15) is 51.4 Å². The monoisotopic (exact) mass is 323 g/mol. The molecule has 4 atom stereocenters. The third-order valence-electron chi connectivity index (χ3n) is 5.42. The van der Waals surface area contributed by atoms with Crippen molar-refractivity contribution in [3.63, 3.8) is 0 Å². The summed E-state index contributed by atoms with van der Waals surface area (Å²) < 4.78 is 38.7. The van der Waals surface area contributed by atoms with Crippen LogP contribution in [0.15, 0.2) is 0 Å². The fraction of sp³-hybridized carbons (Fsp3) is 0.933. The highest BCUT2D eigenvalue weighted by molar-refractivity contribution is 6.20. The van der Waals surface area contributed by atoms with Gasteiger partial charge in [-0.05, 0) is 44.9 Å². The average molecular weight is 324 g/mol. The lowest BCUT2D eigenvalue weighted by Crippen LogP contribution is -2.50. The van der Waals surface area contributed by atoms with Gasteiger partial charge in [-0.15, -0.1) is 11.6 Å².